The molecule has 0 amide bonds. The highest BCUT2D eigenvalue weighted by Crippen LogP contribution is 2.75. The van der Waals surface area contributed by atoms with Gasteiger partial charge in [-0.2, -0.15) is 0 Å². The van der Waals surface area contributed by atoms with E-state index < -0.39 is 226 Å². The van der Waals surface area contributed by atoms with Gasteiger partial charge in [0.25, 0.3) is 0 Å². The summed E-state index contributed by atoms with van der Waals surface area (Å²) in [6.07, 6.45) is -32.3. The van der Waals surface area contributed by atoms with Crippen molar-refractivity contribution in [2.75, 3.05) is 33.0 Å². The molecule has 8 fully saturated rings. The maximum Gasteiger partial charge on any atom is 0.187 e. The van der Waals surface area contributed by atoms with Crippen molar-refractivity contribution in [1.29, 1.82) is 0 Å². The fourth-order valence-electron chi connectivity index (χ4n) is 17.0. The third-order valence-electron chi connectivity index (χ3n) is 22.6. The average Bonchev–Trinajstić information content (AvgIpc) is 1.29. The Balaban J connectivity index is 0.887. The minimum atomic E-state index is -1.82. The molecule has 9 aliphatic rings. The number of aliphatic hydroxyl groups excluding tert-OH is 16. The van der Waals surface area contributed by atoms with Gasteiger partial charge in [-0.05, 0) is 101 Å². The first-order valence-corrected chi connectivity index (χ1v) is 31.4. The lowest BCUT2D eigenvalue weighted by Crippen LogP contribution is -2.66. The Morgan fingerprint density at radius 2 is 1.09 bits per heavy atom. The van der Waals surface area contributed by atoms with Crippen molar-refractivity contribution in [2.45, 2.75) is 290 Å². The molecule has 18 N–H and O–H groups in total. The highest BCUT2D eigenvalue weighted by atomic mass is 16.8. The number of allylic oxidation sites excluding steroid dienone is 1. The zero-order valence-electron chi connectivity index (χ0n) is 51.6. The van der Waals surface area contributed by atoms with E-state index in [0.29, 0.717) is 32.1 Å². The predicted octanol–water partition coefficient (Wildman–Crippen LogP) is -4.23. The van der Waals surface area contributed by atoms with Gasteiger partial charge in [0, 0.05) is 23.7 Å². The van der Waals surface area contributed by atoms with Crippen molar-refractivity contribution >= 4 is 0 Å². The highest BCUT2D eigenvalue weighted by Gasteiger charge is 2.72. The molecule has 88 heavy (non-hydrogen) atoms. The van der Waals surface area contributed by atoms with Crippen molar-refractivity contribution in [3.05, 3.63) is 11.6 Å². The monoisotopic (exact) mass is 1270 g/mol. The summed E-state index contributed by atoms with van der Waals surface area (Å²) in [4.78, 5) is 0. The van der Waals surface area contributed by atoms with E-state index in [2.05, 4.69) is 26.8 Å². The van der Waals surface area contributed by atoms with Crippen LogP contribution in [0.25, 0.3) is 0 Å². The van der Waals surface area contributed by atoms with Gasteiger partial charge in [0.2, 0.25) is 0 Å². The Morgan fingerprint density at radius 3 is 1.64 bits per heavy atom. The van der Waals surface area contributed by atoms with E-state index in [1.165, 1.54) is 13.8 Å². The van der Waals surface area contributed by atoms with Crippen molar-refractivity contribution in [3.8, 4) is 0 Å². The fraction of sp³-hybridized carbons (Fsp3) is 0.967. The van der Waals surface area contributed by atoms with Crippen LogP contribution >= 0.6 is 0 Å². The van der Waals surface area contributed by atoms with Crippen molar-refractivity contribution in [3.63, 3.8) is 0 Å². The Kier molecular flexibility index (Phi) is 21.8. The first-order chi connectivity index (χ1) is 41.1. The molecular formula is C60H102O28. The molecule has 0 aromatic heterocycles. The van der Waals surface area contributed by atoms with E-state index in [-0.39, 0.29) is 43.4 Å². The zero-order valence-corrected chi connectivity index (χ0v) is 51.6. The lowest BCUT2D eigenvalue weighted by molar-refractivity contribution is -0.366. The lowest BCUT2D eigenvalue weighted by Gasteiger charge is -2.68. The number of ether oxygens (including phenoxy) is 10. The van der Waals surface area contributed by atoms with Gasteiger partial charge in [-0.1, -0.05) is 46.3 Å². The number of rotatable bonds is 20. The molecule has 28 heteroatoms. The quantitative estimate of drug-likeness (QED) is 0.0514. The SMILES string of the molecule is CC(C)(O)[C@@H](CC[C@](C)(O)[C@H]1CC[C@@]2(C)[C@@H]3CC=C4[C@@H](CC[C@H](O[C@@H]5O[C@H](CO[C@@H]6O[C@H](CO)[C@@H](O)[C@H](O)[C@H]6O)[C@@H](O)[C@H](O)[C@H]5O)C4(C)C)[C@]3(C)[C@H](O)C[C@]12C)O[C@@H]1O[C@H](CO[C@@H]2O[C@H](CO)[C@@H](O)[C@H](O)[C@H]2O)[C@@H](O)[C@H](O)[C@H]1O[C@H]1C[C@@H](O)C[C@@H](CO)O1. The third-order valence-corrected chi connectivity index (χ3v) is 22.6. The van der Waals surface area contributed by atoms with Gasteiger partial charge < -0.3 is 139 Å². The van der Waals surface area contributed by atoms with Gasteiger partial charge in [0.05, 0.1) is 74.8 Å². The molecule has 3 saturated carbocycles. The van der Waals surface area contributed by atoms with E-state index in [1.54, 1.807) is 6.92 Å². The first-order valence-electron chi connectivity index (χ1n) is 31.4. The highest BCUT2D eigenvalue weighted by molar-refractivity contribution is 5.32. The second kappa shape index (κ2) is 27.0. The second-order valence-corrected chi connectivity index (χ2v) is 28.8. The summed E-state index contributed by atoms with van der Waals surface area (Å²) in [5.74, 6) is -0.558. The van der Waals surface area contributed by atoms with Crippen LogP contribution in [-0.2, 0) is 47.4 Å². The maximum atomic E-state index is 12.9. The summed E-state index contributed by atoms with van der Waals surface area (Å²) in [6.45, 7) is 12.3. The summed E-state index contributed by atoms with van der Waals surface area (Å²) >= 11 is 0. The summed E-state index contributed by atoms with van der Waals surface area (Å²) < 4.78 is 59.8. The summed E-state index contributed by atoms with van der Waals surface area (Å²) in [5.41, 5.74) is -4.46. The van der Waals surface area contributed by atoms with Crippen molar-refractivity contribution < 1.29 is 139 Å². The molecule has 4 aliphatic carbocycles. The molecule has 28 nitrogen and oxygen atoms in total. The fourth-order valence-corrected chi connectivity index (χ4v) is 17.0. The molecule has 5 saturated heterocycles. The van der Waals surface area contributed by atoms with Crippen LogP contribution in [0.15, 0.2) is 11.6 Å². The summed E-state index contributed by atoms with van der Waals surface area (Å²) in [6, 6.07) is 0. The van der Waals surface area contributed by atoms with E-state index >= 15 is 0 Å². The Morgan fingerprint density at radius 1 is 0.568 bits per heavy atom. The van der Waals surface area contributed by atoms with Gasteiger partial charge in [-0.15, -0.1) is 0 Å². The first kappa shape index (κ1) is 70.9. The minimum Gasteiger partial charge on any atom is -0.394 e. The van der Waals surface area contributed by atoms with Crippen molar-refractivity contribution in [2.24, 2.45) is 39.4 Å². The topological polar surface area (TPSA) is 456 Å². The van der Waals surface area contributed by atoms with E-state index in [1.807, 2.05) is 13.8 Å². The average molecular weight is 1270 g/mol. The molecule has 0 bridgehead atoms. The molecule has 0 aromatic carbocycles. The Bertz CT molecular complexity index is 2320. The molecule has 5 heterocycles. The van der Waals surface area contributed by atoms with E-state index in [4.69, 9.17) is 47.4 Å². The number of aliphatic hydroxyl groups is 18. The molecule has 0 spiro atoms. The van der Waals surface area contributed by atoms with Crippen LogP contribution in [0.2, 0.25) is 0 Å². The predicted molar refractivity (Wildman–Crippen MR) is 299 cm³/mol. The number of hydrogen-bond donors (Lipinski definition) is 18. The lowest BCUT2D eigenvalue weighted by atomic mass is 9.38. The van der Waals surface area contributed by atoms with Crippen molar-refractivity contribution in [1.82, 2.24) is 0 Å². The van der Waals surface area contributed by atoms with Gasteiger partial charge >= 0.3 is 0 Å². The van der Waals surface area contributed by atoms with Crippen LogP contribution in [0.5, 0.6) is 0 Å². The molecule has 33 atom stereocenters. The van der Waals surface area contributed by atoms with Crippen LogP contribution in [0.4, 0.5) is 0 Å². The van der Waals surface area contributed by atoms with Crippen LogP contribution in [0.3, 0.4) is 0 Å². The molecule has 5 aliphatic heterocycles. The summed E-state index contributed by atoms with van der Waals surface area (Å²) in [7, 11) is 0. The molecular weight excluding hydrogens is 1170 g/mol. The van der Waals surface area contributed by atoms with Gasteiger partial charge in [-0.25, -0.2) is 0 Å². The minimum absolute atomic E-state index is 0.00245. The molecule has 0 radical (unpaired) electrons. The smallest absolute Gasteiger partial charge is 0.187 e. The van der Waals surface area contributed by atoms with Crippen LogP contribution < -0.4 is 0 Å². The normalized spacial score (nSPS) is 50.9. The number of fused-ring (bicyclic) bond motifs is 5. The zero-order chi connectivity index (χ0) is 64.7. The standard InChI is InChI=1S/C60H102O28/c1-55(2)27-9-11-34-57(5)15-13-33(58(57,6)19-35(65)60(34,8)28(27)10-12-36(55)86-53-49(76)45(72)41(68)31(84-53)23-79-51-47(74)43(70)39(66)29(21-62)82-51)59(7,78)16-14-37(56(3,4)77)87-54-50(88-38-18-25(64)17-26(20-61)81-38)46(73)42(69)32(85-54)24-80-52-48(75)44(71)40(67)30(22-63)83-52/h9,25-26,28-54,61-78H,10-24H2,1-8H3/t25-,26-,28+,29+,30+,31+,32+,33-,34-,35+,36-,37+,38-,39+,40+,41+,42+,43-,44-,45-,46-,47+,48+,49+,50+,51+,52+,53-,54-,57-,58+,59-,60-/m0/s1. The van der Waals surface area contributed by atoms with Gasteiger partial charge in [0.1, 0.15) is 97.7 Å². The number of hydrogen-bond acceptors (Lipinski definition) is 28. The third kappa shape index (κ3) is 13.1. The Labute approximate surface area is 512 Å². The summed E-state index contributed by atoms with van der Waals surface area (Å²) in [5, 5.41) is 196. The van der Waals surface area contributed by atoms with Gasteiger partial charge in [-0.3, -0.25) is 0 Å². The Hall–Kier alpha value is -1.38. The van der Waals surface area contributed by atoms with Crippen LogP contribution in [0, 0.1) is 39.4 Å². The second-order valence-electron chi connectivity index (χ2n) is 28.8. The maximum absolute atomic E-state index is 12.9. The molecule has 9 rings (SSSR count). The molecule has 510 valence electrons. The van der Waals surface area contributed by atoms with E-state index in [0.717, 1.165) is 12.0 Å². The molecule has 0 aromatic rings. The van der Waals surface area contributed by atoms with E-state index in [9.17, 15) is 91.9 Å². The van der Waals surface area contributed by atoms with Crippen LogP contribution in [-0.4, -0.2) is 296 Å². The largest absolute Gasteiger partial charge is 0.394 e. The molecule has 0 unspecified atom stereocenters. The van der Waals surface area contributed by atoms with Gasteiger partial charge in [0.15, 0.2) is 31.5 Å². The van der Waals surface area contributed by atoms with Crippen LogP contribution in [0.1, 0.15) is 120 Å².